The van der Waals surface area contributed by atoms with E-state index < -0.39 is 5.92 Å². The zero-order chi connectivity index (χ0) is 19.9. The summed E-state index contributed by atoms with van der Waals surface area (Å²) < 4.78 is 0. The number of benzene rings is 2. The second-order valence-corrected chi connectivity index (χ2v) is 6.98. The molecule has 0 aromatic heterocycles. The van der Waals surface area contributed by atoms with Gasteiger partial charge in [-0.15, -0.1) is 11.6 Å². The lowest BCUT2D eigenvalue weighted by Gasteiger charge is -2.16. The second-order valence-electron chi connectivity index (χ2n) is 6.61. The molecule has 2 aromatic carbocycles. The molecular weight excluding hydrogens is 378 g/mol. The number of halogens is 1. The third-order valence-corrected chi connectivity index (χ3v) is 4.84. The Bertz CT molecular complexity index is 840. The van der Waals surface area contributed by atoms with Gasteiger partial charge in [0.05, 0.1) is 5.92 Å². The number of amides is 3. The molecule has 1 atom stereocenters. The fourth-order valence-electron chi connectivity index (χ4n) is 3.06. The Hall–Kier alpha value is -2.86. The largest absolute Gasteiger partial charge is 0.352 e. The van der Waals surface area contributed by atoms with E-state index in [0.717, 1.165) is 5.69 Å². The van der Waals surface area contributed by atoms with Crippen molar-refractivity contribution in [3.8, 4) is 0 Å². The topological polar surface area (TPSA) is 78.5 Å². The first kappa shape index (κ1) is 19.9. The van der Waals surface area contributed by atoms with E-state index >= 15 is 0 Å². The predicted molar refractivity (Wildman–Crippen MR) is 110 cm³/mol. The number of rotatable bonds is 7. The van der Waals surface area contributed by atoms with Gasteiger partial charge in [0, 0.05) is 42.3 Å². The summed E-state index contributed by atoms with van der Waals surface area (Å²) in [6.45, 7) is 0.879. The molecule has 1 aliphatic heterocycles. The Kier molecular flexibility index (Phi) is 6.66. The average molecular weight is 400 g/mol. The van der Waals surface area contributed by atoms with Gasteiger partial charge in [-0.05, 0) is 42.8 Å². The smallest absolute Gasteiger partial charge is 0.251 e. The summed E-state index contributed by atoms with van der Waals surface area (Å²) in [6.07, 6.45) is 0.892. The maximum Gasteiger partial charge on any atom is 0.251 e. The minimum atomic E-state index is -0.411. The average Bonchev–Trinajstić information content (AvgIpc) is 3.11. The van der Waals surface area contributed by atoms with E-state index in [0.29, 0.717) is 36.6 Å². The van der Waals surface area contributed by atoms with Gasteiger partial charge in [0.15, 0.2) is 0 Å². The lowest BCUT2D eigenvalue weighted by molar-refractivity contribution is -0.122. The highest BCUT2D eigenvalue weighted by molar-refractivity contribution is 6.17. The summed E-state index contributed by atoms with van der Waals surface area (Å²) >= 11 is 5.59. The number of para-hydroxylation sites is 1. The van der Waals surface area contributed by atoms with E-state index in [4.69, 9.17) is 11.6 Å². The molecule has 1 aliphatic rings. The molecule has 1 fully saturated rings. The number of hydrogen-bond acceptors (Lipinski definition) is 3. The Balaban J connectivity index is 1.56. The van der Waals surface area contributed by atoms with E-state index in [1.165, 1.54) is 0 Å². The standard InChI is InChI=1S/C21H22ClN3O3/c22-11-4-12-23-20(27)15-7-9-17(10-8-15)24-21(28)16-13-19(26)25(14-16)18-5-2-1-3-6-18/h1-3,5-10,16H,4,11-14H2,(H,23,27)(H,24,28). The number of nitrogens with one attached hydrogen (secondary N) is 2. The van der Waals surface area contributed by atoms with Gasteiger partial charge >= 0.3 is 0 Å². The third kappa shape index (κ3) is 4.89. The maximum atomic E-state index is 12.5. The van der Waals surface area contributed by atoms with Crippen LogP contribution in [0.1, 0.15) is 23.2 Å². The Morgan fingerprint density at radius 1 is 1.07 bits per heavy atom. The number of hydrogen-bond donors (Lipinski definition) is 2. The van der Waals surface area contributed by atoms with Crippen molar-refractivity contribution in [1.29, 1.82) is 0 Å². The number of anilines is 2. The summed E-state index contributed by atoms with van der Waals surface area (Å²) in [5, 5.41) is 5.60. The summed E-state index contributed by atoms with van der Waals surface area (Å²) in [5.41, 5.74) is 1.90. The van der Waals surface area contributed by atoms with Crippen molar-refractivity contribution in [2.24, 2.45) is 5.92 Å². The molecule has 6 nitrogen and oxygen atoms in total. The van der Waals surface area contributed by atoms with Gasteiger partial charge in [-0.1, -0.05) is 18.2 Å². The Labute approximate surface area is 168 Å². The number of alkyl halides is 1. The van der Waals surface area contributed by atoms with Gasteiger partial charge in [-0.2, -0.15) is 0 Å². The van der Waals surface area contributed by atoms with Crippen LogP contribution in [-0.4, -0.2) is 36.7 Å². The number of carbonyl (C=O) groups excluding carboxylic acids is 3. The van der Waals surface area contributed by atoms with Crippen LogP contribution in [0.25, 0.3) is 0 Å². The van der Waals surface area contributed by atoms with Gasteiger partial charge in [0.25, 0.3) is 5.91 Å². The highest BCUT2D eigenvalue weighted by Gasteiger charge is 2.35. The summed E-state index contributed by atoms with van der Waals surface area (Å²) in [6, 6.07) is 16.0. The van der Waals surface area contributed by atoms with E-state index in [1.807, 2.05) is 30.3 Å². The van der Waals surface area contributed by atoms with Crippen LogP contribution in [-0.2, 0) is 9.59 Å². The van der Waals surface area contributed by atoms with Crippen molar-refractivity contribution in [3.05, 3.63) is 60.2 Å². The van der Waals surface area contributed by atoms with Gasteiger partial charge in [0.1, 0.15) is 0 Å². The second kappa shape index (κ2) is 9.37. The number of nitrogens with zero attached hydrogens (tertiary/aromatic N) is 1. The summed E-state index contributed by atoms with van der Waals surface area (Å²) in [5.74, 6) is -0.355. The fourth-order valence-corrected chi connectivity index (χ4v) is 3.19. The molecule has 3 rings (SSSR count). The minimum absolute atomic E-state index is 0.0599. The van der Waals surface area contributed by atoms with Crippen LogP contribution in [0, 0.1) is 5.92 Å². The van der Waals surface area contributed by atoms with Crippen molar-refractivity contribution in [2.45, 2.75) is 12.8 Å². The molecule has 1 saturated heterocycles. The molecule has 2 aromatic rings. The highest BCUT2D eigenvalue weighted by atomic mass is 35.5. The van der Waals surface area contributed by atoms with Crippen molar-refractivity contribution in [1.82, 2.24) is 5.32 Å². The van der Waals surface area contributed by atoms with Crippen LogP contribution in [0.4, 0.5) is 11.4 Å². The van der Waals surface area contributed by atoms with Crippen LogP contribution in [0.5, 0.6) is 0 Å². The molecule has 2 N–H and O–H groups in total. The summed E-state index contributed by atoms with van der Waals surface area (Å²) in [4.78, 5) is 38.4. The Morgan fingerprint density at radius 3 is 2.46 bits per heavy atom. The van der Waals surface area contributed by atoms with Crippen molar-refractivity contribution < 1.29 is 14.4 Å². The molecule has 0 radical (unpaired) electrons. The van der Waals surface area contributed by atoms with Gasteiger partial charge in [-0.25, -0.2) is 0 Å². The van der Waals surface area contributed by atoms with Gasteiger partial charge in [0.2, 0.25) is 11.8 Å². The molecule has 28 heavy (non-hydrogen) atoms. The number of carbonyl (C=O) groups is 3. The molecular formula is C21H22ClN3O3. The van der Waals surface area contributed by atoms with E-state index in [9.17, 15) is 14.4 Å². The molecule has 1 unspecified atom stereocenters. The molecule has 1 heterocycles. The van der Waals surface area contributed by atoms with Crippen LogP contribution >= 0.6 is 11.6 Å². The van der Waals surface area contributed by atoms with Crippen LogP contribution in [0.15, 0.2) is 54.6 Å². The lowest BCUT2D eigenvalue weighted by Crippen LogP contribution is -2.28. The van der Waals surface area contributed by atoms with Gasteiger partial charge < -0.3 is 15.5 Å². The third-order valence-electron chi connectivity index (χ3n) is 4.57. The normalized spacial score (nSPS) is 16.1. The zero-order valence-corrected chi connectivity index (χ0v) is 16.1. The van der Waals surface area contributed by atoms with E-state index in [-0.39, 0.29) is 24.1 Å². The molecule has 0 spiro atoms. The molecule has 7 heteroatoms. The minimum Gasteiger partial charge on any atom is -0.352 e. The highest BCUT2D eigenvalue weighted by Crippen LogP contribution is 2.25. The molecule has 3 amide bonds. The van der Waals surface area contributed by atoms with Crippen molar-refractivity contribution >= 4 is 40.7 Å². The molecule has 146 valence electrons. The zero-order valence-electron chi connectivity index (χ0n) is 15.4. The molecule has 0 bridgehead atoms. The summed E-state index contributed by atoms with van der Waals surface area (Å²) in [7, 11) is 0. The van der Waals surface area contributed by atoms with Crippen molar-refractivity contribution in [3.63, 3.8) is 0 Å². The Morgan fingerprint density at radius 2 is 1.79 bits per heavy atom. The first-order chi connectivity index (χ1) is 13.6. The van der Waals surface area contributed by atoms with Gasteiger partial charge in [-0.3, -0.25) is 14.4 Å². The SMILES string of the molecule is O=C(NCCCCl)c1ccc(NC(=O)C2CC(=O)N(c3ccccc3)C2)cc1. The maximum absolute atomic E-state index is 12.5. The van der Waals surface area contributed by atoms with Crippen LogP contribution < -0.4 is 15.5 Å². The van der Waals surface area contributed by atoms with E-state index in [1.54, 1.807) is 29.2 Å². The predicted octanol–water partition coefficient (Wildman–Crippen LogP) is 3.04. The van der Waals surface area contributed by atoms with Crippen LogP contribution in [0.2, 0.25) is 0 Å². The molecule has 0 aliphatic carbocycles. The van der Waals surface area contributed by atoms with Crippen LogP contribution in [0.3, 0.4) is 0 Å². The van der Waals surface area contributed by atoms with E-state index in [2.05, 4.69) is 10.6 Å². The first-order valence-electron chi connectivity index (χ1n) is 9.19. The molecule has 0 saturated carbocycles. The fraction of sp³-hybridized carbons (Fsp3) is 0.286. The lowest BCUT2D eigenvalue weighted by atomic mass is 10.1. The monoisotopic (exact) mass is 399 g/mol. The van der Waals surface area contributed by atoms with Crippen molar-refractivity contribution in [2.75, 3.05) is 29.2 Å². The quantitative estimate of drug-likeness (QED) is 0.554. The first-order valence-corrected chi connectivity index (χ1v) is 9.72.